The molecule has 0 atom stereocenters. The molecule has 3 nitrogen and oxygen atoms in total. The molecule has 0 unspecified atom stereocenters. The van der Waals surface area contributed by atoms with Crippen LogP contribution in [0.3, 0.4) is 0 Å². The fourth-order valence-corrected chi connectivity index (χ4v) is 3.58. The number of rotatable bonds is 3. The van der Waals surface area contributed by atoms with Crippen molar-refractivity contribution >= 4 is 26.7 Å². The molecule has 0 bridgehead atoms. The second-order valence-corrected chi connectivity index (χ2v) is 7.02. The van der Waals surface area contributed by atoms with E-state index in [1.165, 1.54) is 29.2 Å². The molecule has 0 spiro atoms. The van der Waals surface area contributed by atoms with Crippen molar-refractivity contribution in [2.75, 3.05) is 0 Å². The average molecular weight is 356 g/mol. The number of halogens is 1. The van der Waals surface area contributed by atoms with Crippen molar-refractivity contribution in [1.82, 2.24) is 14.8 Å². The van der Waals surface area contributed by atoms with Crippen LogP contribution in [0.15, 0.2) is 41.1 Å². The molecule has 0 amide bonds. The molecule has 1 fully saturated rings. The molecule has 112 valence electrons. The summed E-state index contributed by atoms with van der Waals surface area (Å²) in [5.74, 6) is 2.05. The lowest BCUT2D eigenvalue weighted by Gasteiger charge is -2.15. The summed E-state index contributed by atoms with van der Waals surface area (Å²) in [6, 6.07) is 13.2. The predicted octanol–water partition coefficient (Wildman–Crippen LogP) is 5.18. The van der Waals surface area contributed by atoms with E-state index in [9.17, 15) is 0 Å². The molecular weight excluding hydrogens is 338 g/mol. The van der Waals surface area contributed by atoms with E-state index in [2.05, 4.69) is 80.9 Å². The van der Waals surface area contributed by atoms with Crippen molar-refractivity contribution in [3.8, 4) is 5.69 Å². The Morgan fingerprint density at radius 2 is 1.77 bits per heavy atom. The summed E-state index contributed by atoms with van der Waals surface area (Å²) in [4.78, 5) is 0. The molecule has 1 saturated carbocycles. The third-order valence-corrected chi connectivity index (χ3v) is 4.87. The highest BCUT2D eigenvalue weighted by atomic mass is 79.9. The van der Waals surface area contributed by atoms with E-state index < -0.39 is 0 Å². The largest absolute Gasteiger partial charge is 0.273 e. The van der Waals surface area contributed by atoms with E-state index in [-0.39, 0.29) is 0 Å². The molecule has 0 saturated heterocycles. The van der Waals surface area contributed by atoms with Gasteiger partial charge in [-0.25, -0.2) is 0 Å². The first-order valence-corrected chi connectivity index (χ1v) is 8.59. The highest BCUT2D eigenvalue weighted by Crippen LogP contribution is 2.44. The van der Waals surface area contributed by atoms with Crippen LogP contribution in [-0.4, -0.2) is 14.8 Å². The van der Waals surface area contributed by atoms with E-state index in [0.29, 0.717) is 5.92 Å². The van der Waals surface area contributed by atoms with Crippen LogP contribution in [0, 0.1) is 0 Å². The van der Waals surface area contributed by atoms with Gasteiger partial charge in [0.15, 0.2) is 0 Å². The van der Waals surface area contributed by atoms with Crippen LogP contribution < -0.4 is 0 Å². The summed E-state index contributed by atoms with van der Waals surface area (Å²) in [6.45, 7) is 4.29. The Morgan fingerprint density at radius 3 is 2.45 bits per heavy atom. The van der Waals surface area contributed by atoms with Crippen molar-refractivity contribution in [1.29, 1.82) is 0 Å². The van der Waals surface area contributed by atoms with Gasteiger partial charge in [0, 0.05) is 11.3 Å². The highest BCUT2D eigenvalue weighted by Gasteiger charge is 2.26. The SMILES string of the molecule is CC(C)c1nnc(Br)n1-c1ccc(C2CC2)c2ccccc12. The maximum Gasteiger partial charge on any atom is 0.204 e. The van der Waals surface area contributed by atoms with E-state index in [4.69, 9.17) is 0 Å². The molecule has 1 aliphatic rings. The first kappa shape index (κ1) is 13.9. The van der Waals surface area contributed by atoms with Gasteiger partial charge in [0.1, 0.15) is 5.82 Å². The predicted molar refractivity (Wildman–Crippen MR) is 92.6 cm³/mol. The van der Waals surface area contributed by atoms with Gasteiger partial charge >= 0.3 is 0 Å². The minimum absolute atomic E-state index is 0.320. The molecule has 4 rings (SSSR count). The summed E-state index contributed by atoms with van der Waals surface area (Å²) in [5, 5.41) is 11.2. The molecule has 1 aromatic heterocycles. The van der Waals surface area contributed by atoms with Gasteiger partial charge in [0.2, 0.25) is 4.73 Å². The van der Waals surface area contributed by atoms with Crippen LogP contribution in [0.25, 0.3) is 16.5 Å². The Morgan fingerprint density at radius 1 is 1.05 bits per heavy atom. The lowest BCUT2D eigenvalue weighted by Crippen LogP contribution is -2.04. The van der Waals surface area contributed by atoms with Gasteiger partial charge in [-0.3, -0.25) is 4.57 Å². The van der Waals surface area contributed by atoms with Crippen molar-refractivity contribution in [2.24, 2.45) is 0 Å². The second-order valence-electron chi connectivity index (χ2n) is 6.31. The summed E-state index contributed by atoms with van der Waals surface area (Å²) >= 11 is 3.56. The topological polar surface area (TPSA) is 30.7 Å². The molecular formula is C18H18BrN3. The van der Waals surface area contributed by atoms with Crippen molar-refractivity contribution < 1.29 is 0 Å². The van der Waals surface area contributed by atoms with Gasteiger partial charge in [-0.2, -0.15) is 0 Å². The van der Waals surface area contributed by atoms with Crippen LogP contribution in [0.4, 0.5) is 0 Å². The first-order valence-electron chi connectivity index (χ1n) is 7.79. The van der Waals surface area contributed by atoms with Crippen LogP contribution in [0.2, 0.25) is 0 Å². The van der Waals surface area contributed by atoms with E-state index in [1.54, 1.807) is 0 Å². The molecule has 1 heterocycles. The van der Waals surface area contributed by atoms with E-state index >= 15 is 0 Å². The average Bonchev–Trinajstić information content (AvgIpc) is 3.28. The number of aromatic nitrogens is 3. The maximum absolute atomic E-state index is 4.33. The van der Waals surface area contributed by atoms with Gasteiger partial charge in [-0.1, -0.05) is 44.2 Å². The van der Waals surface area contributed by atoms with E-state index in [1.807, 2.05) is 0 Å². The van der Waals surface area contributed by atoms with Gasteiger partial charge in [0.25, 0.3) is 0 Å². The highest BCUT2D eigenvalue weighted by molar-refractivity contribution is 9.10. The van der Waals surface area contributed by atoms with Crippen LogP contribution in [0.1, 0.15) is 49.9 Å². The third kappa shape index (κ3) is 2.17. The van der Waals surface area contributed by atoms with E-state index in [0.717, 1.165) is 22.2 Å². The zero-order valence-electron chi connectivity index (χ0n) is 12.8. The summed E-state index contributed by atoms with van der Waals surface area (Å²) in [6.07, 6.45) is 2.63. The fourth-order valence-electron chi connectivity index (χ4n) is 3.12. The molecule has 22 heavy (non-hydrogen) atoms. The third-order valence-electron chi connectivity index (χ3n) is 4.36. The van der Waals surface area contributed by atoms with Gasteiger partial charge in [0.05, 0.1) is 5.69 Å². The van der Waals surface area contributed by atoms with Crippen molar-refractivity contribution in [3.63, 3.8) is 0 Å². The molecule has 4 heteroatoms. The Kier molecular flexibility index (Phi) is 3.30. The smallest absolute Gasteiger partial charge is 0.204 e. The lowest BCUT2D eigenvalue weighted by atomic mass is 9.99. The summed E-state index contributed by atoms with van der Waals surface area (Å²) < 4.78 is 2.89. The molecule has 1 aliphatic carbocycles. The minimum Gasteiger partial charge on any atom is -0.273 e. The van der Waals surface area contributed by atoms with Gasteiger partial charge in [-0.05, 0) is 51.7 Å². The lowest BCUT2D eigenvalue weighted by molar-refractivity contribution is 0.745. The monoisotopic (exact) mass is 355 g/mol. The molecule has 3 aromatic rings. The number of hydrogen-bond acceptors (Lipinski definition) is 2. The quantitative estimate of drug-likeness (QED) is 0.647. The Balaban J connectivity index is 2.01. The van der Waals surface area contributed by atoms with Gasteiger partial charge < -0.3 is 0 Å². The minimum atomic E-state index is 0.320. The Labute approximate surface area is 138 Å². The molecule has 2 aromatic carbocycles. The Hall–Kier alpha value is -1.68. The zero-order valence-corrected chi connectivity index (χ0v) is 14.3. The summed E-state index contributed by atoms with van der Waals surface area (Å²) in [5.41, 5.74) is 2.63. The maximum atomic E-state index is 4.33. The van der Waals surface area contributed by atoms with Crippen LogP contribution in [0.5, 0.6) is 0 Å². The number of fused-ring (bicyclic) bond motifs is 1. The number of hydrogen-bond donors (Lipinski definition) is 0. The zero-order chi connectivity index (χ0) is 15.3. The van der Waals surface area contributed by atoms with Crippen molar-refractivity contribution in [3.05, 3.63) is 52.5 Å². The molecule has 0 N–H and O–H groups in total. The number of nitrogens with zero attached hydrogens (tertiary/aromatic N) is 3. The normalized spacial score (nSPS) is 14.9. The molecule has 0 radical (unpaired) electrons. The molecule has 0 aliphatic heterocycles. The summed E-state index contributed by atoms with van der Waals surface area (Å²) in [7, 11) is 0. The Bertz CT molecular complexity index is 847. The van der Waals surface area contributed by atoms with Crippen LogP contribution >= 0.6 is 15.9 Å². The van der Waals surface area contributed by atoms with Gasteiger partial charge in [-0.15, -0.1) is 10.2 Å². The van der Waals surface area contributed by atoms with Crippen molar-refractivity contribution in [2.45, 2.75) is 38.5 Å². The fraction of sp³-hybridized carbons (Fsp3) is 0.333. The second kappa shape index (κ2) is 5.20. The number of benzene rings is 2. The first-order chi connectivity index (χ1) is 10.7. The standard InChI is InChI=1S/C18H18BrN3/c1-11(2)17-20-21-18(19)22(17)16-10-9-13(12-7-8-12)14-5-3-4-6-15(14)16/h3-6,9-12H,7-8H2,1-2H3. The van der Waals surface area contributed by atoms with Crippen LogP contribution in [-0.2, 0) is 0 Å².